The summed E-state index contributed by atoms with van der Waals surface area (Å²) >= 11 is 0. The molecule has 1 heteroatoms. The first-order valence-corrected chi connectivity index (χ1v) is 7.88. The van der Waals surface area contributed by atoms with Gasteiger partial charge in [0.25, 0.3) is 0 Å². The Bertz CT molecular complexity index is 397. The molecule has 1 aliphatic heterocycles. The van der Waals surface area contributed by atoms with Gasteiger partial charge in [0.1, 0.15) is 0 Å². The molecule has 1 aromatic carbocycles. The van der Waals surface area contributed by atoms with Crippen LogP contribution in [0.1, 0.15) is 53.5 Å². The Morgan fingerprint density at radius 1 is 1.05 bits per heavy atom. The fourth-order valence-corrected chi connectivity index (χ4v) is 1.75. The summed E-state index contributed by atoms with van der Waals surface area (Å²) in [5.41, 5.74) is 4.07. The molecule has 2 rings (SSSR count). The lowest BCUT2D eigenvalue weighted by molar-refractivity contribution is 0.914. The fraction of sp³-hybridized carbons (Fsp3) is 0.474. The van der Waals surface area contributed by atoms with Crippen LogP contribution in [0.15, 0.2) is 48.1 Å². The zero-order valence-electron chi connectivity index (χ0n) is 14.0. The Morgan fingerprint density at radius 3 is 2.10 bits per heavy atom. The van der Waals surface area contributed by atoms with E-state index in [-0.39, 0.29) is 0 Å². The third kappa shape index (κ3) is 7.96. The smallest absolute Gasteiger partial charge is 0.0230 e. The van der Waals surface area contributed by atoms with Gasteiger partial charge in [0, 0.05) is 12.6 Å². The van der Waals surface area contributed by atoms with Crippen molar-refractivity contribution in [3.05, 3.63) is 53.6 Å². The highest BCUT2D eigenvalue weighted by atomic mass is 15.1. The maximum atomic E-state index is 3.32. The van der Waals surface area contributed by atoms with Gasteiger partial charge >= 0.3 is 0 Å². The van der Waals surface area contributed by atoms with Crippen molar-refractivity contribution in [2.45, 2.75) is 54.0 Å². The van der Waals surface area contributed by atoms with Crippen LogP contribution in [0.2, 0.25) is 0 Å². The summed E-state index contributed by atoms with van der Waals surface area (Å²) in [6, 6.07) is 11.3. The second-order valence-corrected chi connectivity index (χ2v) is 4.54. The van der Waals surface area contributed by atoms with Crippen molar-refractivity contribution in [1.82, 2.24) is 5.32 Å². The third-order valence-electron chi connectivity index (χ3n) is 2.91. The second kappa shape index (κ2) is 11.5. The summed E-state index contributed by atoms with van der Waals surface area (Å²) < 4.78 is 0. The topological polar surface area (TPSA) is 21.9 Å². The van der Waals surface area contributed by atoms with E-state index in [1.807, 2.05) is 27.7 Å². The fourth-order valence-electron chi connectivity index (χ4n) is 1.75. The average molecular weight is 273 g/mol. The SMILES string of the molecule is C/C(=C\C=C(/C)c1ccccc1)CC1CN1.CC.CC. The predicted molar refractivity (Wildman–Crippen MR) is 93.0 cm³/mol. The first-order valence-electron chi connectivity index (χ1n) is 7.88. The van der Waals surface area contributed by atoms with E-state index in [0.717, 1.165) is 6.04 Å². The molecule has 1 heterocycles. The maximum absolute atomic E-state index is 3.32. The molecule has 0 bridgehead atoms. The molecule has 1 aromatic rings. The van der Waals surface area contributed by atoms with Gasteiger partial charge in [-0.25, -0.2) is 0 Å². The van der Waals surface area contributed by atoms with Crippen molar-refractivity contribution >= 4 is 5.57 Å². The standard InChI is InChI=1S/C15H19N.2C2H6/c1-12(10-15-11-16-15)8-9-13(2)14-6-4-3-5-7-14;2*1-2/h3-9,15-16H,10-11H2,1-2H3;2*1-2H3/b12-8+,13-9+;;. The highest BCUT2D eigenvalue weighted by Gasteiger charge is 2.19. The van der Waals surface area contributed by atoms with Crippen LogP contribution in [0.25, 0.3) is 5.57 Å². The minimum Gasteiger partial charge on any atom is -0.311 e. The molecule has 0 aliphatic carbocycles. The van der Waals surface area contributed by atoms with Crippen LogP contribution in [0, 0.1) is 0 Å². The highest BCUT2D eigenvalue weighted by molar-refractivity contribution is 5.65. The van der Waals surface area contributed by atoms with E-state index in [0.29, 0.717) is 0 Å². The third-order valence-corrected chi connectivity index (χ3v) is 2.91. The molecule has 1 atom stereocenters. The summed E-state index contributed by atoms with van der Waals surface area (Å²) in [4.78, 5) is 0. The van der Waals surface area contributed by atoms with E-state index < -0.39 is 0 Å². The monoisotopic (exact) mass is 273 g/mol. The van der Waals surface area contributed by atoms with Gasteiger partial charge in [0.2, 0.25) is 0 Å². The molecule has 1 aliphatic rings. The number of rotatable bonds is 4. The van der Waals surface area contributed by atoms with Crippen molar-refractivity contribution < 1.29 is 0 Å². The lowest BCUT2D eigenvalue weighted by atomic mass is 10.1. The van der Waals surface area contributed by atoms with E-state index >= 15 is 0 Å². The van der Waals surface area contributed by atoms with Gasteiger partial charge < -0.3 is 5.32 Å². The van der Waals surface area contributed by atoms with E-state index in [4.69, 9.17) is 0 Å². The summed E-state index contributed by atoms with van der Waals surface area (Å²) in [5, 5.41) is 3.32. The van der Waals surface area contributed by atoms with Crippen LogP contribution in [0.5, 0.6) is 0 Å². The Labute approximate surface area is 125 Å². The second-order valence-electron chi connectivity index (χ2n) is 4.54. The molecule has 0 aromatic heterocycles. The first-order chi connectivity index (χ1) is 9.75. The first kappa shape index (κ1) is 18.7. The Kier molecular flexibility index (Phi) is 10.7. The van der Waals surface area contributed by atoms with Crippen LogP contribution >= 0.6 is 0 Å². The minimum absolute atomic E-state index is 0.738. The molecular formula is C19H31N. The lowest BCUT2D eigenvalue weighted by Crippen LogP contribution is -1.90. The van der Waals surface area contributed by atoms with Crippen LogP contribution in [0.4, 0.5) is 0 Å². The molecule has 0 spiro atoms. The Hall–Kier alpha value is -1.34. The zero-order chi connectivity index (χ0) is 15.4. The summed E-state index contributed by atoms with van der Waals surface area (Å²) in [5.74, 6) is 0. The normalized spacial score (nSPS) is 17.4. The van der Waals surface area contributed by atoms with E-state index in [1.165, 1.54) is 29.7 Å². The van der Waals surface area contributed by atoms with Crippen LogP contribution < -0.4 is 5.32 Å². The molecule has 0 saturated carbocycles. The van der Waals surface area contributed by atoms with Gasteiger partial charge in [-0.15, -0.1) is 0 Å². The quantitative estimate of drug-likeness (QED) is 0.572. The molecule has 1 unspecified atom stereocenters. The minimum atomic E-state index is 0.738. The zero-order valence-corrected chi connectivity index (χ0v) is 14.0. The molecule has 0 amide bonds. The predicted octanol–water partition coefficient (Wildman–Crippen LogP) is 5.45. The molecule has 1 saturated heterocycles. The summed E-state index contributed by atoms with van der Waals surface area (Å²) in [7, 11) is 0. The van der Waals surface area contributed by atoms with Crippen molar-refractivity contribution in [1.29, 1.82) is 0 Å². The van der Waals surface area contributed by atoms with Gasteiger partial charge in [-0.05, 0) is 31.4 Å². The number of hydrogen-bond donors (Lipinski definition) is 1. The number of nitrogens with one attached hydrogen (secondary N) is 1. The van der Waals surface area contributed by atoms with E-state index in [2.05, 4.69) is 61.6 Å². The van der Waals surface area contributed by atoms with Gasteiger partial charge in [0.05, 0.1) is 0 Å². The van der Waals surface area contributed by atoms with Gasteiger partial charge in [-0.1, -0.05) is 75.8 Å². The Balaban J connectivity index is 0.000000829. The van der Waals surface area contributed by atoms with Crippen molar-refractivity contribution in [3.63, 3.8) is 0 Å². The molecule has 1 N–H and O–H groups in total. The Morgan fingerprint density at radius 2 is 1.60 bits per heavy atom. The lowest BCUT2D eigenvalue weighted by Gasteiger charge is -2.00. The van der Waals surface area contributed by atoms with Crippen LogP contribution in [-0.2, 0) is 0 Å². The number of hydrogen-bond acceptors (Lipinski definition) is 1. The molecule has 112 valence electrons. The van der Waals surface area contributed by atoms with Crippen LogP contribution in [0.3, 0.4) is 0 Å². The summed E-state index contributed by atoms with van der Waals surface area (Å²) in [6.45, 7) is 13.6. The van der Waals surface area contributed by atoms with E-state index in [9.17, 15) is 0 Å². The van der Waals surface area contributed by atoms with Gasteiger partial charge in [-0.3, -0.25) is 0 Å². The van der Waals surface area contributed by atoms with Crippen molar-refractivity contribution in [2.75, 3.05) is 6.54 Å². The maximum Gasteiger partial charge on any atom is 0.0230 e. The molecule has 1 nitrogen and oxygen atoms in total. The highest BCUT2D eigenvalue weighted by Crippen LogP contribution is 2.15. The van der Waals surface area contributed by atoms with Crippen LogP contribution in [-0.4, -0.2) is 12.6 Å². The molecule has 1 fully saturated rings. The largest absolute Gasteiger partial charge is 0.311 e. The molecular weight excluding hydrogens is 242 g/mol. The van der Waals surface area contributed by atoms with E-state index in [1.54, 1.807) is 0 Å². The van der Waals surface area contributed by atoms with Gasteiger partial charge in [-0.2, -0.15) is 0 Å². The van der Waals surface area contributed by atoms with Crippen molar-refractivity contribution in [3.8, 4) is 0 Å². The number of allylic oxidation sites excluding steroid dienone is 3. The van der Waals surface area contributed by atoms with Crippen molar-refractivity contribution in [2.24, 2.45) is 0 Å². The van der Waals surface area contributed by atoms with Gasteiger partial charge in [0.15, 0.2) is 0 Å². The summed E-state index contributed by atoms with van der Waals surface area (Å²) in [6.07, 6.45) is 5.63. The average Bonchev–Trinajstić information content (AvgIpc) is 3.34. The molecule has 0 radical (unpaired) electrons. The number of benzene rings is 1. The molecule has 20 heavy (non-hydrogen) atoms.